The van der Waals surface area contributed by atoms with Crippen molar-refractivity contribution in [2.24, 2.45) is 0 Å². The van der Waals surface area contributed by atoms with E-state index in [9.17, 15) is 0 Å². The van der Waals surface area contributed by atoms with Crippen LogP contribution >= 0.6 is 15.9 Å². The van der Waals surface area contributed by atoms with E-state index in [4.69, 9.17) is 4.74 Å². The number of ether oxygens (including phenoxy) is 1. The van der Waals surface area contributed by atoms with Crippen LogP contribution in [0, 0.1) is 0 Å². The second-order valence-electron chi connectivity index (χ2n) is 3.32. The molecule has 0 aliphatic heterocycles. The van der Waals surface area contributed by atoms with Gasteiger partial charge in [0.2, 0.25) is 0 Å². The fourth-order valence-corrected chi connectivity index (χ4v) is 7.89. The minimum atomic E-state index is -1.80. The molecule has 0 radical (unpaired) electrons. The van der Waals surface area contributed by atoms with E-state index in [0.29, 0.717) is 0 Å². The quantitative estimate of drug-likeness (QED) is 0.728. The molecule has 0 fully saturated rings. The molecule has 0 saturated carbocycles. The Labute approximate surface area is 75.8 Å². The Morgan fingerprint density at radius 1 is 1.50 bits per heavy atom. The summed E-state index contributed by atoms with van der Waals surface area (Å²) in [4.78, 5) is 9.16. The summed E-state index contributed by atoms with van der Waals surface area (Å²) < 4.78 is 6.56. The molecule has 0 aromatic carbocycles. The molecule has 0 rings (SSSR count). The molecule has 60 valence electrons. The van der Waals surface area contributed by atoms with Crippen molar-refractivity contribution >= 4 is 34.3 Å². The Bertz CT molecular complexity index is 126. The molecule has 0 amide bonds. The van der Waals surface area contributed by atoms with Crippen molar-refractivity contribution in [3.05, 3.63) is 8.57 Å². The first-order valence-electron chi connectivity index (χ1n) is 3.31. The average molecular weight is 314 g/mol. The SMILES string of the molecule is COC/[C](=C/Br)[Sn]([CH3])([CH3])[CH3]. The second kappa shape index (κ2) is 4.78. The molecule has 0 aliphatic rings. The van der Waals surface area contributed by atoms with Crippen LogP contribution in [0.5, 0.6) is 0 Å². The Kier molecular flexibility index (Phi) is 5.24. The molecule has 0 aromatic rings. The van der Waals surface area contributed by atoms with Gasteiger partial charge in [0.1, 0.15) is 0 Å². The van der Waals surface area contributed by atoms with Gasteiger partial charge in [0.05, 0.1) is 0 Å². The Morgan fingerprint density at radius 3 is 2.10 bits per heavy atom. The van der Waals surface area contributed by atoms with Gasteiger partial charge in [-0.25, -0.2) is 0 Å². The molecule has 0 atom stereocenters. The third-order valence-corrected chi connectivity index (χ3v) is 9.48. The van der Waals surface area contributed by atoms with Crippen LogP contribution in [0.1, 0.15) is 0 Å². The van der Waals surface area contributed by atoms with E-state index in [0.717, 1.165) is 6.61 Å². The molecule has 0 aliphatic carbocycles. The standard InChI is InChI=1S/C4H6BrO.3CH3.Sn/c1-6-4-2-3-5;;;;/h3H,4H2,1H3;3*1H3;. The summed E-state index contributed by atoms with van der Waals surface area (Å²) in [6.45, 7) is 0.796. The van der Waals surface area contributed by atoms with Crippen LogP contribution in [-0.2, 0) is 4.74 Å². The van der Waals surface area contributed by atoms with Gasteiger partial charge < -0.3 is 0 Å². The van der Waals surface area contributed by atoms with Crippen LogP contribution in [0.25, 0.3) is 0 Å². The van der Waals surface area contributed by atoms with E-state index >= 15 is 0 Å². The summed E-state index contributed by atoms with van der Waals surface area (Å²) >= 11 is 1.57. The van der Waals surface area contributed by atoms with E-state index in [1.54, 1.807) is 7.11 Å². The summed E-state index contributed by atoms with van der Waals surface area (Å²) in [6.07, 6.45) is 0. The first kappa shape index (κ1) is 11.0. The summed E-state index contributed by atoms with van der Waals surface area (Å²) in [5.74, 6) is 0. The number of rotatable bonds is 3. The van der Waals surface area contributed by atoms with Crippen LogP contribution in [-0.4, -0.2) is 32.1 Å². The zero-order valence-corrected chi connectivity index (χ0v) is 11.5. The zero-order chi connectivity index (χ0) is 8.20. The minimum absolute atomic E-state index is 0.796. The van der Waals surface area contributed by atoms with Crippen LogP contribution in [0.4, 0.5) is 0 Å². The molecule has 0 aromatic heterocycles. The van der Waals surface area contributed by atoms with Crippen LogP contribution < -0.4 is 0 Å². The Balaban J connectivity index is 4.10. The third kappa shape index (κ3) is 3.98. The topological polar surface area (TPSA) is 9.23 Å². The van der Waals surface area contributed by atoms with E-state index in [2.05, 4.69) is 30.7 Å². The van der Waals surface area contributed by atoms with Crippen molar-refractivity contribution in [3.63, 3.8) is 0 Å². The van der Waals surface area contributed by atoms with Gasteiger partial charge in [0, 0.05) is 0 Å². The van der Waals surface area contributed by atoms with Gasteiger partial charge >= 0.3 is 76.2 Å². The van der Waals surface area contributed by atoms with Gasteiger partial charge in [-0.05, 0) is 0 Å². The number of hydrogen-bond acceptors (Lipinski definition) is 1. The molecule has 0 saturated heterocycles. The van der Waals surface area contributed by atoms with Gasteiger partial charge in [-0.2, -0.15) is 0 Å². The summed E-state index contributed by atoms with van der Waals surface area (Å²) in [7, 11) is 1.74. The van der Waals surface area contributed by atoms with Crippen molar-refractivity contribution < 1.29 is 4.74 Å². The van der Waals surface area contributed by atoms with Gasteiger partial charge in [0.25, 0.3) is 0 Å². The number of methoxy groups -OCH3 is 1. The van der Waals surface area contributed by atoms with Crippen molar-refractivity contribution in [2.45, 2.75) is 14.8 Å². The molecule has 0 N–H and O–H groups in total. The van der Waals surface area contributed by atoms with Gasteiger partial charge in [-0.15, -0.1) is 0 Å². The van der Waals surface area contributed by atoms with E-state index in [1.165, 1.54) is 3.59 Å². The van der Waals surface area contributed by atoms with Crippen molar-refractivity contribution in [2.75, 3.05) is 13.7 Å². The van der Waals surface area contributed by atoms with Crippen molar-refractivity contribution in [3.8, 4) is 0 Å². The molecule has 1 nitrogen and oxygen atoms in total. The Hall–Kier alpha value is 0.979. The maximum absolute atomic E-state index is 5.08. The van der Waals surface area contributed by atoms with Gasteiger partial charge in [-0.1, -0.05) is 0 Å². The second-order valence-corrected chi connectivity index (χ2v) is 18.5. The van der Waals surface area contributed by atoms with E-state index in [-0.39, 0.29) is 0 Å². The summed E-state index contributed by atoms with van der Waals surface area (Å²) in [5.41, 5.74) is 0. The average Bonchev–Trinajstić information content (AvgIpc) is 1.80. The molecule has 0 spiro atoms. The molecular formula is C7H15BrOSn. The molecule has 0 heterocycles. The molecular weight excluding hydrogens is 299 g/mol. The molecule has 0 unspecified atom stereocenters. The maximum atomic E-state index is 5.08. The molecule has 0 bridgehead atoms. The fraction of sp³-hybridized carbons (Fsp3) is 0.714. The third-order valence-electron chi connectivity index (χ3n) is 1.39. The van der Waals surface area contributed by atoms with Crippen LogP contribution in [0.2, 0.25) is 14.8 Å². The first-order chi connectivity index (χ1) is 4.52. The fourth-order valence-electron chi connectivity index (χ4n) is 0.567. The van der Waals surface area contributed by atoms with Gasteiger partial charge in [0.15, 0.2) is 0 Å². The van der Waals surface area contributed by atoms with E-state index < -0.39 is 18.4 Å². The molecule has 3 heteroatoms. The summed E-state index contributed by atoms with van der Waals surface area (Å²) in [6, 6.07) is 0. The van der Waals surface area contributed by atoms with Crippen molar-refractivity contribution in [1.29, 1.82) is 0 Å². The van der Waals surface area contributed by atoms with E-state index in [1.807, 2.05) is 4.99 Å². The zero-order valence-electron chi connectivity index (χ0n) is 7.07. The predicted molar refractivity (Wildman–Crippen MR) is 52.2 cm³/mol. The van der Waals surface area contributed by atoms with Gasteiger partial charge in [-0.3, -0.25) is 0 Å². The van der Waals surface area contributed by atoms with Crippen LogP contribution in [0.15, 0.2) is 8.57 Å². The van der Waals surface area contributed by atoms with Crippen LogP contribution in [0.3, 0.4) is 0 Å². The molecule has 10 heavy (non-hydrogen) atoms. The predicted octanol–water partition coefficient (Wildman–Crippen LogP) is 2.79. The number of hydrogen-bond donors (Lipinski definition) is 0. The monoisotopic (exact) mass is 314 g/mol. The Morgan fingerprint density at radius 2 is 2.00 bits per heavy atom. The first-order valence-corrected chi connectivity index (χ1v) is 14.2. The number of halogens is 1. The normalized spacial score (nSPS) is 13.9. The van der Waals surface area contributed by atoms with Crippen molar-refractivity contribution in [1.82, 2.24) is 0 Å². The summed E-state index contributed by atoms with van der Waals surface area (Å²) in [5, 5.41) is 0.